The Bertz CT molecular complexity index is 504. The van der Waals surface area contributed by atoms with Crippen molar-refractivity contribution in [3.05, 3.63) is 35.9 Å². The Morgan fingerprint density at radius 1 is 1.22 bits per heavy atom. The Kier molecular flexibility index (Phi) is 7.07. The molecule has 1 unspecified atom stereocenters. The highest BCUT2D eigenvalue weighted by molar-refractivity contribution is 5.79. The minimum absolute atomic E-state index is 0.117. The minimum Gasteiger partial charge on any atom is -0.391 e. The van der Waals surface area contributed by atoms with E-state index in [4.69, 9.17) is 0 Å². The van der Waals surface area contributed by atoms with Crippen molar-refractivity contribution in [2.45, 2.75) is 44.6 Å². The molecule has 2 rings (SSSR count). The molecule has 0 radical (unpaired) electrons. The zero-order valence-corrected chi connectivity index (χ0v) is 13.5. The van der Waals surface area contributed by atoms with Gasteiger partial charge in [-0.2, -0.15) is 0 Å². The van der Waals surface area contributed by atoms with Crippen LogP contribution in [0.5, 0.6) is 0 Å². The van der Waals surface area contributed by atoms with Gasteiger partial charge in [-0.15, -0.1) is 0 Å². The summed E-state index contributed by atoms with van der Waals surface area (Å²) in [6, 6.07) is 9.70. The fourth-order valence-corrected chi connectivity index (χ4v) is 2.79. The first-order valence-electron chi connectivity index (χ1n) is 8.41. The van der Waals surface area contributed by atoms with Gasteiger partial charge in [-0.1, -0.05) is 36.8 Å². The van der Waals surface area contributed by atoms with Gasteiger partial charge >= 0.3 is 0 Å². The van der Waals surface area contributed by atoms with Gasteiger partial charge in [0.25, 0.3) is 0 Å². The van der Waals surface area contributed by atoms with Gasteiger partial charge in [0.15, 0.2) is 0 Å². The summed E-state index contributed by atoms with van der Waals surface area (Å²) >= 11 is 0. The first kappa shape index (κ1) is 17.5. The summed E-state index contributed by atoms with van der Waals surface area (Å²) in [5, 5.41) is 12.7. The Labute approximate surface area is 137 Å². The number of aliphatic hydroxyl groups excluding tert-OH is 1. The topological polar surface area (TPSA) is 69.6 Å². The first-order chi connectivity index (χ1) is 11.1. The highest BCUT2D eigenvalue weighted by Crippen LogP contribution is 2.11. The van der Waals surface area contributed by atoms with E-state index in [1.807, 2.05) is 30.3 Å². The van der Waals surface area contributed by atoms with Crippen LogP contribution in [0.4, 0.5) is 0 Å². The molecule has 2 amide bonds. The van der Waals surface area contributed by atoms with Gasteiger partial charge in [0.1, 0.15) is 0 Å². The fraction of sp³-hybridized carbons (Fsp3) is 0.556. The average molecular weight is 318 g/mol. The van der Waals surface area contributed by atoms with Crippen LogP contribution in [0.2, 0.25) is 0 Å². The molecule has 0 aromatic heterocycles. The molecule has 0 bridgehead atoms. The molecule has 23 heavy (non-hydrogen) atoms. The van der Waals surface area contributed by atoms with E-state index in [0.717, 1.165) is 31.4 Å². The normalized spacial score (nSPS) is 16.7. The maximum Gasteiger partial charge on any atom is 0.222 e. The van der Waals surface area contributed by atoms with Gasteiger partial charge in [-0.05, 0) is 18.4 Å². The van der Waals surface area contributed by atoms with Crippen molar-refractivity contribution < 1.29 is 14.7 Å². The van der Waals surface area contributed by atoms with Crippen LogP contribution in [0.1, 0.15) is 37.7 Å². The van der Waals surface area contributed by atoms with Crippen LogP contribution < -0.4 is 5.32 Å². The maximum atomic E-state index is 11.9. The van der Waals surface area contributed by atoms with Gasteiger partial charge in [0.2, 0.25) is 11.8 Å². The van der Waals surface area contributed by atoms with E-state index in [9.17, 15) is 14.7 Å². The molecule has 1 heterocycles. The summed E-state index contributed by atoms with van der Waals surface area (Å²) in [6.07, 6.45) is 3.87. The number of aliphatic hydroxyl groups is 1. The first-order valence-corrected chi connectivity index (χ1v) is 8.41. The van der Waals surface area contributed by atoms with Crippen molar-refractivity contribution in [1.29, 1.82) is 0 Å². The summed E-state index contributed by atoms with van der Waals surface area (Å²) in [5.74, 6) is 0.0357. The molecule has 2 N–H and O–H groups in total. The number of nitrogens with zero attached hydrogens (tertiary/aromatic N) is 1. The largest absolute Gasteiger partial charge is 0.391 e. The van der Waals surface area contributed by atoms with Gasteiger partial charge < -0.3 is 15.3 Å². The molecule has 0 spiro atoms. The number of benzene rings is 1. The number of nitrogens with one attached hydrogen (secondary N) is 1. The molecule has 1 fully saturated rings. The molecule has 0 aliphatic carbocycles. The lowest BCUT2D eigenvalue weighted by Crippen LogP contribution is -2.37. The van der Waals surface area contributed by atoms with E-state index in [0.29, 0.717) is 25.8 Å². The quantitative estimate of drug-likeness (QED) is 0.800. The van der Waals surface area contributed by atoms with Crippen LogP contribution in [0, 0.1) is 0 Å². The molecule has 1 atom stereocenters. The van der Waals surface area contributed by atoms with Gasteiger partial charge in [0.05, 0.1) is 6.10 Å². The van der Waals surface area contributed by atoms with Crippen molar-refractivity contribution in [3.63, 3.8) is 0 Å². The molecule has 1 aliphatic rings. The van der Waals surface area contributed by atoms with Gasteiger partial charge in [-0.25, -0.2) is 0 Å². The highest BCUT2D eigenvalue weighted by Gasteiger charge is 2.17. The average Bonchev–Trinajstić information content (AvgIpc) is 2.76. The van der Waals surface area contributed by atoms with Crippen molar-refractivity contribution >= 4 is 11.8 Å². The maximum absolute atomic E-state index is 11.9. The number of amides is 2. The predicted molar refractivity (Wildman–Crippen MR) is 88.8 cm³/mol. The molecule has 1 aromatic rings. The lowest BCUT2D eigenvalue weighted by atomic mass is 10.1. The third kappa shape index (κ3) is 6.40. The van der Waals surface area contributed by atoms with Crippen molar-refractivity contribution in [2.24, 2.45) is 0 Å². The molecular weight excluding hydrogens is 292 g/mol. The smallest absolute Gasteiger partial charge is 0.222 e. The van der Waals surface area contributed by atoms with Crippen LogP contribution >= 0.6 is 0 Å². The molecule has 5 heteroatoms. The third-order valence-electron chi connectivity index (χ3n) is 4.13. The number of carbonyl (C=O) groups excluding carboxylic acids is 2. The number of rotatable bonds is 7. The summed E-state index contributed by atoms with van der Waals surface area (Å²) < 4.78 is 0. The number of carbonyl (C=O) groups is 2. The Hall–Kier alpha value is -1.88. The number of hydrogen-bond donors (Lipinski definition) is 2. The van der Waals surface area contributed by atoms with Crippen molar-refractivity contribution in [1.82, 2.24) is 10.2 Å². The van der Waals surface area contributed by atoms with Crippen LogP contribution in [0.15, 0.2) is 30.3 Å². The molecule has 1 aromatic carbocycles. The Morgan fingerprint density at radius 3 is 2.78 bits per heavy atom. The van der Waals surface area contributed by atoms with Gasteiger partial charge in [0, 0.05) is 38.9 Å². The Balaban J connectivity index is 1.65. The second-order valence-electron chi connectivity index (χ2n) is 6.09. The van der Waals surface area contributed by atoms with Crippen molar-refractivity contribution in [2.75, 3.05) is 19.6 Å². The molecule has 1 saturated heterocycles. The van der Waals surface area contributed by atoms with Crippen molar-refractivity contribution in [3.8, 4) is 0 Å². The molecule has 126 valence electrons. The summed E-state index contributed by atoms with van der Waals surface area (Å²) in [7, 11) is 0. The second kappa shape index (κ2) is 9.30. The van der Waals surface area contributed by atoms with Crippen LogP contribution in [0.25, 0.3) is 0 Å². The third-order valence-corrected chi connectivity index (χ3v) is 4.13. The van der Waals surface area contributed by atoms with E-state index >= 15 is 0 Å². The summed E-state index contributed by atoms with van der Waals surface area (Å²) in [4.78, 5) is 25.5. The second-order valence-corrected chi connectivity index (χ2v) is 6.09. The summed E-state index contributed by atoms with van der Waals surface area (Å²) in [6.45, 7) is 1.46. The highest BCUT2D eigenvalue weighted by atomic mass is 16.3. The Morgan fingerprint density at radius 2 is 2.00 bits per heavy atom. The zero-order chi connectivity index (χ0) is 16.5. The zero-order valence-electron chi connectivity index (χ0n) is 13.5. The molecule has 1 aliphatic heterocycles. The SMILES string of the molecule is O=C(CCN1CCCCCC1=O)NCC(O)Cc1ccccc1. The fourth-order valence-electron chi connectivity index (χ4n) is 2.79. The lowest BCUT2D eigenvalue weighted by Gasteiger charge is -2.20. The van der Waals surface area contributed by atoms with Gasteiger partial charge in [-0.3, -0.25) is 9.59 Å². The molecule has 5 nitrogen and oxygen atoms in total. The van der Waals surface area contributed by atoms with Crippen LogP contribution in [0.3, 0.4) is 0 Å². The summed E-state index contributed by atoms with van der Waals surface area (Å²) in [5.41, 5.74) is 1.05. The number of hydrogen-bond acceptors (Lipinski definition) is 3. The van der Waals surface area contributed by atoms with Crippen LogP contribution in [-0.4, -0.2) is 47.6 Å². The van der Waals surface area contributed by atoms with E-state index in [2.05, 4.69) is 5.32 Å². The lowest BCUT2D eigenvalue weighted by molar-refractivity contribution is -0.131. The van der Waals surface area contributed by atoms with E-state index in [1.54, 1.807) is 4.90 Å². The van der Waals surface area contributed by atoms with E-state index < -0.39 is 6.10 Å². The standard InChI is InChI=1S/C18H26N2O3/c21-16(13-15-7-3-1-4-8-15)14-19-17(22)10-12-20-11-6-2-5-9-18(20)23/h1,3-4,7-8,16,21H,2,5-6,9-14H2,(H,19,22). The molecule has 0 saturated carbocycles. The van der Waals surface area contributed by atoms with E-state index in [1.165, 1.54) is 0 Å². The number of likely N-dealkylation sites (tertiary alicyclic amines) is 1. The van der Waals surface area contributed by atoms with E-state index in [-0.39, 0.29) is 18.4 Å². The predicted octanol–water partition coefficient (Wildman–Crippen LogP) is 1.50. The van der Waals surface area contributed by atoms with Crippen LogP contribution in [-0.2, 0) is 16.0 Å². The minimum atomic E-state index is -0.596. The monoisotopic (exact) mass is 318 g/mol. The molecular formula is C18H26N2O3.